The SMILES string of the molecule is O=C(NCc1ccc2c(c1)CCO2)c1cc(-c2nc(N3CCOCC3)ncc2-c2cc(F)cc(C(F)(F)F)c2)c[nH]1. The van der Waals surface area contributed by atoms with Gasteiger partial charge in [0.1, 0.15) is 17.3 Å². The molecule has 2 aromatic carbocycles. The highest BCUT2D eigenvalue weighted by atomic mass is 19.4. The molecule has 0 spiro atoms. The van der Waals surface area contributed by atoms with E-state index in [1.807, 2.05) is 23.1 Å². The first-order valence-electron chi connectivity index (χ1n) is 13.0. The summed E-state index contributed by atoms with van der Waals surface area (Å²) in [5.74, 6) is -0.202. The van der Waals surface area contributed by atoms with Gasteiger partial charge in [-0.25, -0.2) is 14.4 Å². The number of ether oxygens (including phenoxy) is 2. The second kappa shape index (κ2) is 10.8. The quantitative estimate of drug-likeness (QED) is 0.319. The zero-order valence-corrected chi connectivity index (χ0v) is 21.7. The van der Waals surface area contributed by atoms with E-state index >= 15 is 0 Å². The summed E-state index contributed by atoms with van der Waals surface area (Å²) in [5, 5.41) is 2.87. The zero-order valence-electron chi connectivity index (χ0n) is 21.7. The van der Waals surface area contributed by atoms with E-state index in [4.69, 9.17) is 9.47 Å². The van der Waals surface area contributed by atoms with Gasteiger partial charge >= 0.3 is 6.18 Å². The lowest BCUT2D eigenvalue weighted by molar-refractivity contribution is -0.137. The lowest BCUT2D eigenvalue weighted by atomic mass is 10.00. The van der Waals surface area contributed by atoms with Gasteiger partial charge in [-0.1, -0.05) is 12.1 Å². The molecule has 2 aliphatic heterocycles. The number of alkyl halides is 3. The molecule has 0 radical (unpaired) electrons. The molecule has 2 aromatic heterocycles. The summed E-state index contributed by atoms with van der Waals surface area (Å²) in [4.78, 5) is 26.8. The molecule has 2 N–H and O–H groups in total. The summed E-state index contributed by atoms with van der Waals surface area (Å²) in [6, 6.07) is 9.64. The first-order chi connectivity index (χ1) is 19.7. The molecule has 0 bridgehead atoms. The van der Waals surface area contributed by atoms with E-state index in [9.17, 15) is 22.4 Å². The predicted octanol–water partition coefficient (Wildman–Crippen LogP) is 5.00. The van der Waals surface area contributed by atoms with Crippen LogP contribution in [0.5, 0.6) is 5.75 Å². The Morgan fingerprint density at radius 2 is 1.88 bits per heavy atom. The number of carbonyl (C=O) groups is 1. The summed E-state index contributed by atoms with van der Waals surface area (Å²) in [6.07, 6.45) is -0.996. The molecule has 12 heteroatoms. The van der Waals surface area contributed by atoms with E-state index < -0.39 is 17.6 Å². The number of carbonyl (C=O) groups excluding carboxylic acids is 1. The smallest absolute Gasteiger partial charge is 0.416 e. The fraction of sp³-hybridized carbons (Fsp3) is 0.276. The summed E-state index contributed by atoms with van der Waals surface area (Å²) in [5.41, 5.74) is 1.99. The highest BCUT2D eigenvalue weighted by Gasteiger charge is 2.32. The highest BCUT2D eigenvalue weighted by Crippen LogP contribution is 2.37. The molecule has 41 heavy (non-hydrogen) atoms. The third-order valence-corrected chi connectivity index (χ3v) is 7.01. The number of aromatic nitrogens is 3. The molecule has 4 heterocycles. The maximum atomic E-state index is 14.3. The van der Waals surface area contributed by atoms with Crippen LogP contribution in [0.4, 0.5) is 23.5 Å². The molecule has 1 fully saturated rings. The van der Waals surface area contributed by atoms with Crippen molar-refractivity contribution in [2.45, 2.75) is 19.1 Å². The number of anilines is 1. The molecular formula is C29H25F4N5O3. The third-order valence-electron chi connectivity index (χ3n) is 7.01. The molecule has 0 unspecified atom stereocenters. The van der Waals surface area contributed by atoms with Crippen molar-refractivity contribution in [2.24, 2.45) is 0 Å². The Kier molecular flexibility index (Phi) is 7.08. The number of rotatable bonds is 6. The number of fused-ring (bicyclic) bond motifs is 1. The number of aromatic amines is 1. The van der Waals surface area contributed by atoms with Crippen molar-refractivity contribution < 1.29 is 31.8 Å². The Labute approximate surface area is 232 Å². The lowest BCUT2D eigenvalue weighted by Crippen LogP contribution is -2.37. The topological polar surface area (TPSA) is 92.4 Å². The van der Waals surface area contributed by atoms with Gasteiger partial charge in [-0.15, -0.1) is 0 Å². The van der Waals surface area contributed by atoms with Crippen molar-refractivity contribution in [1.82, 2.24) is 20.3 Å². The van der Waals surface area contributed by atoms with Crippen LogP contribution in [-0.2, 0) is 23.9 Å². The van der Waals surface area contributed by atoms with Crippen molar-refractivity contribution in [3.63, 3.8) is 0 Å². The third kappa shape index (κ3) is 5.73. The number of H-pyrrole nitrogens is 1. The van der Waals surface area contributed by atoms with Gasteiger partial charge in [0.15, 0.2) is 0 Å². The van der Waals surface area contributed by atoms with E-state index in [1.54, 1.807) is 12.3 Å². The Morgan fingerprint density at radius 1 is 1.05 bits per heavy atom. The van der Waals surface area contributed by atoms with Gasteiger partial charge in [-0.05, 0) is 47.0 Å². The lowest BCUT2D eigenvalue weighted by Gasteiger charge is -2.27. The number of benzene rings is 2. The first kappa shape index (κ1) is 26.8. The molecule has 1 amide bonds. The Hall–Kier alpha value is -4.45. The van der Waals surface area contributed by atoms with E-state index in [0.717, 1.165) is 35.4 Å². The Balaban J connectivity index is 1.31. The Morgan fingerprint density at radius 3 is 2.68 bits per heavy atom. The van der Waals surface area contributed by atoms with Crippen LogP contribution in [-0.4, -0.2) is 53.8 Å². The van der Waals surface area contributed by atoms with E-state index in [1.165, 1.54) is 6.20 Å². The van der Waals surface area contributed by atoms with Crippen LogP contribution in [0.25, 0.3) is 22.4 Å². The second-order valence-electron chi connectivity index (χ2n) is 9.78. The molecular weight excluding hydrogens is 542 g/mol. The van der Waals surface area contributed by atoms with Crippen LogP contribution in [0.3, 0.4) is 0 Å². The molecule has 8 nitrogen and oxygen atoms in total. The average Bonchev–Trinajstić information content (AvgIpc) is 3.65. The van der Waals surface area contributed by atoms with Crippen LogP contribution >= 0.6 is 0 Å². The van der Waals surface area contributed by atoms with E-state index in [0.29, 0.717) is 57.0 Å². The molecule has 2 aliphatic rings. The standard InChI is InChI=1S/C29H25F4N5O3/c30-22-11-19(10-21(13-22)29(31,32)33)23-16-36-28(38-4-7-40-8-5-38)37-26(23)20-12-24(34-15-20)27(39)35-14-17-1-2-25-18(9-17)3-6-41-25/h1-2,9-13,15-16,34H,3-8,14H2,(H,35,39). The molecule has 1 saturated heterocycles. The Bertz CT molecular complexity index is 1600. The summed E-state index contributed by atoms with van der Waals surface area (Å²) >= 11 is 0. The van der Waals surface area contributed by atoms with Crippen LogP contribution in [0, 0.1) is 5.82 Å². The fourth-order valence-electron chi connectivity index (χ4n) is 4.92. The number of nitrogens with one attached hydrogen (secondary N) is 2. The van der Waals surface area contributed by atoms with Gasteiger partial charge in [0, 0.05) is 49.6 Å². The molecule has 0 atom stereocenters. The van der Waals surface area contributed by atoms with Crippen molar-refractivity contribution in [3.8, 4) is 28.1 Å². The normalized spacial score (nSPS) is 15.0. The van der Waals surface area contributed by atoms with Gasteiger partial charge in [-0.3, -0.25) is 4.79 Å². The van der Waals surface area contributed by atoms with Crippen LogP contribution < -0.4 is 15.0 Å². The minimum Gasteiger partial charge on any atom is -0.493 e. The van der Waals surface area contributed by atoms with Crippen LogP contribution in [0.1, 0.15) is 27.2 Å². The minimum absolute atomic E-state index is 0.0337. The molecule has 0 aliphatic carbocycles. The maximum absolute atomic E-state index is 14.3. The van der Waals surface area contributed by atoms with E-state index in [2.05, 4.69) is 20.3 Å². The average molecular weight is 568 g/mol. The first-order valence-corrected chi connectivity index (χ1v) is 13.0. The molecule has 4 aromatic rings. The summed E-state index contributed by atoms with van der Waals surface area (Å²) < 4.78 is 65.7. The number of hydrogen-bond acceptors (Lipinski definition) is 6. The number of morpholine rings is 1. The number of hydrogen-bond donors (Lipinski definition) is 2. The van der Waals surface area contributed by atoms with Crippen molar-refractivity contribution in [1.29, 1.82) is 0 Å². The van der Waals surface area contributed by atoms with Crippen molar-refractivity contribution in [3.05, 3.63) is 83.1 Å². The molecule has 212 valence electrons. The van der Waals surface area contributed by atoms with Crippen molar-refractivity contribution in [2.75, 3.05) is 37.8 Å². The monoisotopic (exact) mass is 567 g/mol. The van der Waals surface area contributed by atoms with Gasteiger partial charge in [0.05, 0.1) is 31.1 Å². The largest absolute Gasteiger partial charge is 0.493 e. The maximum Gasteiger partial charge on any atom is 0.416 e. The van der Waals surface area contributed by atoms with Gasteiger partial charge < -0.3 is 24.7 Å². The van der Waals surface area contributed by atoms with E-state index in [-0.39, 0.29) is 28.4 Å². The number of nitrogens with zero attached hydrogens (tertiary/aromatic N) is 3. The molecule has 0 saturated carbocycles. The minimum atomic E-state index is -4.74. The van der Waals surface area contributed by atoms with Gasteiger partial charge in [0.2, 0.25) is 5.95 Å². The van der Waals surface area contributed by atoms with Crippen LogP contribution in [0.15, 0.2) is 54.9 Å². The fourth-order valence-corrected chi connectivity index (χ4v) is 4.92. The predicted molar refractivity (Wildman–Crippen MR) is 142 cm³/mol. The van der Waals surface area contributed by atoms with Crippen molar-refractivity contribution >= 4 is 11.9 Å². The summed E-state index contributed by atoms with van der Waals surface area (Å²) in [6.45, 7) is 2.96. The zero-order chi connectivity index (χ0) is 28.6. The highest BCUT2D eigenvalue weighted by molar-refractivity contribution is 5.94. The molecule has 6 rings (SSSR count). The number of amides is 1. The number of halogens is 4. The summed E-state index contributed by atoms with van der Waals surface area (Å²) in [7, 11) is 0. The van der Waals surface area contributed by atoms with Gasteiger partial charge in [0.25, 0.3) is 5.91 Å². The van der Waals surface area contributed by atoms with Crippen LogP contribution in [0.2, 0.25) is 0 Å². The van der Waals surface area contributed by atoms with Gasteiger partial charge in [-0.2, -0.15) is 13.2 Å². The second-order valence-corrected chi connectivity index (χ2v) is 9.78.